The summed E-state index contributed by atoms with van der Waals surface area (Å²) in [5, 5.41) is 7.18. The number of hydrogen-bond donors (Lipinski definition) is 2. The standard InChI is InChI=1S/C13H17N5/c1-7-8-5-4-6-9(8)16-12-10(7)11(14-2)17-13(15-3)18-12/h4-6H2,1-3H3,(H2,14,15,16,17,18). The lowest BCUT2D eigenvalue weighted by atomic mass is 10.1. The molecule has 5 nitrogen and oxygen atoms in total. The minimum absolute atomic E-state index is 0.608. The normalized spacial score (nSPS) is 13.7. The summed E-state index contributed by atoms with van der Waals surface area (Å²) in [6.45, 7) is 2.15. The van der Waals surface area contributed by atoms with E-state index in [0.717, 1.165) is 29.7 Å². The van der Waals surface area contributed by atoms with Gasteiger partial charge in [0, 0.05) is 19.8 Å². The van der Waals surface area contributed by atoms with Crippen LogP contribution >= 0.6 is 0 Å². The third kappa shape index (κ3) is 1.50. The van der Waals surface area contributed by atoms with Crippen molar-refractivity contribution in [3.05, 3.63) is 16.8 Å². The molecule has 0 atom stereocenters. The maximum Gasteiger partial charge on any atom is 0.226 e. The second-order valence-electron chi connectivity index (χ2n) is 4.61. The maximum absolute atomic E-state index is 4.70. The van der Waals surface area contributed by atoms with Crippen LogP contribution in [0.15, 0.2) is 0 Å². The summed E-state index contributed by atoms with van der Waals surface area (Å²) < 4.78 is 0. The third-order valence-corrected chi connectivity index (χ3v) is 3.61. The van der Waals surface area contributed by atoms with Gasteiger partial charge in [-0.2, -0.15) is 9.97 Å². The van der Waals surface area contributed by atoms with Crippen molar-refractivity contribution in [1.82, 2.24) is 15.0 Å². The van der Waals surface area contributed by atoms with Crippen molar-refractivity contribution >= 4 is 22.8 Å². The Bertz CT molecular complexity index is 621. The van der Waals surface area contributed by atoms with Crippen molar-refractivity contribution in [2.45, 2.75) is 26.2 Å². The van der Waals surface area contributed by atoms with E-state index in [2.05, 4.69) is 27.5 Å². The molecule has 0 spiro atoms. The highest BCUT2D eigenvalue weighted by molar-refractivity contribution is 5.91. The Morgan fingerprint density at radius 3 is 2.56 bits per heavy atom. The Morgan fingerprint density at radius 2 is 1.83 bits per heavy atom. The molecule has 2 N–H and O–H groups in total. The molecule has 0 unspecified atom stereocenters. The van der Waals surface area contributed by atoms with Gasteiger partial charge in [-0.1, -0.05) is 0 Å². The lowest BCUT2D eigenvalue weighted by Gasteiger charge is -2.12. The molecule has 0 saturated carbocycles. The van der Waals surface area contributed by atoms with E-state index in [9.17, 15) is 0 Å². The molecular formula is C13H17N5. The molecule has 0 aromatic carbocycles. The minimum atomic E-state index is 0.608. The van der Waals surface area contributed by atoms with E-state index in [0.29, 0.717) is 5.95 Å². The number of hydrogen-bond acceptors (Lipinski definition) is 5. The van der Waals surface area contributed by atoms with Crippen molar-refractivity contribution in [3.8, 4) is 0 Å². The summed E-state index contributed by atoms with van der Waals surface area (Å²) in [7, 11) is 3.70. The minimum Gasteiger partial charge on any atom is -0.372 e. The van der Waals surface area contributed by atoms with Crippen molar-refractivity contribution < 1.29 is 0 Å². The van der Waals surface area contributed by atoms with Gasteiger partial charge in [-0.05, 0) is 37.3 Å². The molecule has 0 bridgehead atoms. The van der Waals surface area contributed by atoms with Gasteiger partial charge in [0.1, 0.15) is 5.82 Å². The van der Waals surface area contributed by atoms with E-state index in [4.69, 9.17) is 4.98 Å². The highest BCUT2D eigenvalue weighted by Crippen LogP contribution is 2.32. The van der Waals surface area contributed by atoms with Crippen LogP contribution in [-0.4, -0.2) is 29.0 Å². The van der Waals surface area contributed by atoms with Gasteiger partial charge >= 0.3 is 0 Å². The quantitative estimate of drug-likeness (QED) is 0.843. The van der Waals surface area contributed by atoms with Gasteiger partial charge in [0.15, 0.2) is 5.65 Å². The number of anilines is 2. The molecule has 3 rings (SSSR count). The fourth-order valence-corrected chi connectivity index (χ4v) is 2.70. The zero-order valence-corrected chi connectivity index (χ0v) is 11.0. The van der Waals surface area contributed by atoms with Crippen molar-refractivity contribution in [3.63, 3.8) is 0 Å². The van der Waals surface area contributed by atoms with Crippen LogP contribution in [0.5, 0.6) is 0 Å². The molecule has 0 radical (unpaired) electrons. The number of nitrogens with zero attached hydrogens (tertiary/aromatic N) is 3. The molecule has 2 heterocycles. The first kappa shape index (κ1) is 11.2. The first-order chi connectivity index (χ1) is 8.74. The molecule has 2 aromatic rings. The summed E-state index contributed by atoms with van der Waals surface area (Å²) in [4.78, 5) is 13.6. The highest BCUT2D eigenvalue weighted by Gasteiger charge is 2.20. The summed E-state index contributed by atoms with van der Waals surface area (Å²) >= 11 is 0. The SMILES string of the molecule is CNc1nc(NC)c2c(C)c3c(nc2n1)CCC3. The molecule has 94 valence electrons. The third-order valence-electron chi connectivity index (χ3n) is 3.61. The molecule has 1 aliphatic carbocycles. The Balaban J connectivity index is 2.38. The molecule has 0 aliphatic heterocycles. The van der Waals surface area contributed by atoms with E-state index in [1.54, 1.807) is 0 Å². The van der Waals surface area contributed by atoms with Crippen LogP contribution in [0.25, 0.3) is 11.0 Å². The Labute approximate surface area is 106 Å². The number of pyridine rings is 1. The van der Waals surface area contributed by atoms with Crippen molar-refractivity contribution in [2.24, 2.45) is 0 Å². The van der Waals surface area contributed by atoms with Gasteiger partial charge in [0.2, 0.25) is 5.95 Å². The van der Waals surface area contributed by atoms with Gasteiger partial charge in [-0.15, -0.1) is 0 Å². The second kappa shape index (κ2) is 4.08. The smallest absolute Gasteiger partial charge is 0.226 e. The topological polar surface area (TPSA) is 62.7 Å². The monoisotopic (exact) mass is 243 g/mol. The number of aryl methyl sites for hydroxylation is 2. The van der Waals surface area contributed by atoms with Crippen LogP contribution in [0.4, 0.5) is 11.8 Å². The van der Waals surface area contributed by atoms with Crippen LogP contribution in [0.1, 0.15) is 23.2 Å². The number of fused-ring (bicyclic) bond motifs is 2. The first-order valence-corrected chi connectivity index (χ1v) is 6.30. The second-order valence-corrected chi connectivity index (χ2v) is 4.61. The van der Waals surface area contributed by atoms with E-state index in [1.807, 2.05) is 14.1 Å². The van der Waals surface area contributed by atoms with Gasteiger partial charge in [-0.3, -0.25) is 0 Å². The van der Waals surface area contributed by atoms with E-state index >= 15 is 0 Å². The summed E-state index contributed by atoms with van der Waals surface area (Å²) in [5.41, 5.74) is 4.67. The van der Waals surface area contributed by atoms with Gasteiger partial charge in [0.25, 0.3) is 0 Å². The predicted molar refractivity (Wildman–Crippen MR) is 73.2 cm³/mol. The fourth-order valence-electron chi connectivity index (χ4n) is 2.70. The lowest BCUT2D eigenvalue weighted by Crippen LogP contribution is -2.05. The molecule has 0 fully saturated rings. The van der Waals surface area contributed by atoms with Gasteiger partial charge < -0.3 is 10.6 Å². The zero-order valence-electron chi connectivity index (χ0n) is 11.0. The van der Waals surface area contributed by atoms with E-state index in [-0.39, 0.29) is 0 Å². The van der Waals surface area contributed by atoms with Crippen LogP contribution in [0.3, 0.4) is 0 Å². The summed E-state index contributed by atoms with van der Waals surface area (Å²) in [6, 6.07) is 0. The van der Waals surface area contributed by atoms with E-state index in [1.165, 1.54) is 23.2 Å². The zero-order chi connectivity index (χ0) is 12.7. The Morgan fingerprint density at radius 1 is 1.00 bits per heavy atom. The Kier molecular flexibility index (Phi) is 2.54. The molecule has 1 aliphatic rings. The number of nitrogens with one attached hydrogen (secondary N) is 2. The van der Waals surface area contributed by atoms with Gasteiger partial charge in [-0.25, -0.2) is 4.98 Å². The molecule has 5 heteroatoms. The van der Waals surface area contributed by atoms with Crippen LogP contribution in [0, 0.1) is 6.92 Å². The Hall–Kier alpha value is -1.91. The summed E-state index contributed by atoms with van der Waals surface area (Å²) in [6.07, 6.45) is 3.39. The molecule has 0 saturated heterocycles. The largest absolute Gasteiger partial charge is 0.372 e. The van der Waals surface area contributed by atoms with Gasteiger partial charge in [0.05, 0.1) is 5.39 Å². The number of rotatable bonds is 2. The predicted octanol–water partition coefficient (Wildman–Crippen LogP) is 1.91. The first-order valence-electron chi connectivity index (χ1n) is 6.30. The molecule has 0 amide bonds. The fraction of sp³-hybridized carbons (Fsp3) is 0.462. The van der Waals surface area contributed by atoms with E-state index < -0.39 is 0 Å². The number of aromatic nitrogens is 3. The highest BCUT2D eigenvalue weighted by atomic mass is 15.1. The van der Waals surface area contributed by atoms with Crippen molar-refractivity contribution in [2.75, 3.05) is 24.7 Å². The molecular weight excluding hydrogens is 226 g/mol. The van der Waals surface area contributed by atoms with Crippen LogP contribution in [-0.2, 0) is 12.8 Å². The molecule has 18 heavy (non-hydrogen) atoms. The lowest BCUT2D eigenvalue weighted by molar-refractivity contribution is 0.899. The average molecular weight is 243 g/mol. The average Bonchev–Trinajstić information content (AvgIpc) is 2.85. The maximum atomic E-state index is 4.70. The van der Waals surface area contributed by atoms with Crippen molar-refractivity contribution in [1.29, 1.82) is 0 Å². The van der Waals surface area contributed by atoms with Crippen LogP contribution < -0.4 is 10.6 Å². The van der Waals surface area contributed by atoms with Crippen LogP contribution in [0.2, 0.25) is 0 Å². The summed E-state index contributed by atoms with van der Waals surface area (Å²) in [5.74, 6) is 1.46. The molecule has 2 aromatic heterocycles.